The van der Waals surface area contributed by atoms with Gasteiger partial charge >= 0.3 is 0 Å². The van der Waals surface area contributed by atoms with Gasteiger partial charge in [-0.15, -0.1) is 11.3 Å². The van der Waals surface area contributed by atoms with Gasteiger partial charge in [0.05, 0.1) is 44.7 Å². The first-order valence-electron chi connectivity index (χ1n) is 20.3. The van der Waals surface area contributed by atoms with Crippen LogP contribution < -0.4 is 0 Å². The SMILES string of the molecule is c1ccc(-c2ccc3ccc4ccc(-c5cc6c(-c7ccc8c(c7)c7ccccc7n8-c7ccccc7)nc7ccccc7c6c6c5sc5ccccc56)nc4c3n2)cc1. The molecular formula is C55H32N4S. The van der Waals surface area contributed by atoms with Crippen LogP contribution in [-0.2, 0) is 0 Å². The smallest absolute Gasteiger partial charge is 0.0972 e. The van der Waals surface area contributed by atoms with E-state index in [-0.39, 0.29) is 0 Å². The van der Waals surface area contributed by atoms with Gasteiger partial charge in [-0.3, -0.25) is 0 Å². The van der Waals surface area contributed by atoms with E-state index in [1.165, 1.54) is 47.4 Å². The summed E-state index contributed by atoms with van der Waals surface area (Å²) in [6.07, 6.45) is 0. The van der Waals surface area contributed by atoms with Crippen LogP contribution in [0.4, 0.5) is 0 Å². The fraction of sp³-hybridized carbons (Fsp3) is 0. The highest BCUT2D eigenvalue weighted by Crippen LogP contribution is 2.48. The molecule has 0 unspecified atom stereocenters. The van der Waals surface area contributed by atoms with Crippen molar-refractivity contribution < 1.29 is 0 Å². The molecule has 0 saturated carbocycles. The Morgan fingerprint density at radius 3 is 1.85 bits per heavy atom. The Kier molecular flexibility index (Phi) is 7.14. The van der Waals surface area contributed by atoms with Gasteiger partial charge in [0.1, 0.15) is 0 Å². The zero-order chi connectivity index (χ0) is 39.3. The van der Waals surface area contributed by atoms with Gasteiger partial charge in [-0.05, 0) is 60.7 Å². The average Bonchev–Trinajstić information content (AvgIpc) is 3.87. The number of rotatable bonds is 4. The van der Waals surface area contributed by atoms with Crippen molar-refractivity contribution in [3.05, 3.63) is 194 Å². The summed E-state index contributed by atoms with van der Waals surface area (Å²) in [6, 6.07) is 69.3. The summed E-state index contributed by atoms with van der Waals surface area (Å²) < 4.78 is 4.84. The molecule has 0 radical (unpaired) electrons. The highest BCUT2D eigenvalue weighted by atomic mass is 32.1. The van der Waals surface area contributed by atoms with Crippen LogP contribution in [-0.4, -0.2) is 19.5 Å². The third-order valence-electron chi connectivity index (χ3n) is 12.1. The van der Waals surface area contributed by atoms with E-state index < -0.39 is 0 Å². The molecule has 4 nitrogen and oxygen atoms in total. The van der Waals surface area contributed by atoms with Crippen LogP contribution in [0, 0.1) is 0 Å². The van der Waals surface area contributed by atoms with Crippen molar-refractivity contribution in [2.24, 2.45) is 0 Å². The molecule has 0 aliphatic heterocycles. The van der Waals surface area contributed by atoms with Crippen molar-refractivity contribution in [1.82, 2.24) is 19.5 Å². The monoisotopic (exact) mass is 780 g/mol. The van der Waals surface area contributed by atoms with Gasteiger partial charge in [0.2, 0.25) is 0 Å². The van der Waals surface area contributed by atoms with E-state index in [9.17, 15) is 0 Å². The summed E-state index contributed by atoms with van der Waals surface area (Å²) in [5.41, 5.74) is 12.3. The summed E-state index contributed by atoms with van der Waals surface area (Å²) in [6.45, 7) is 0. The Balaban J connectivity index is 1.12. The molecule has 0 saturated heterocycles. The third-order valence-corrected chi connectivity index (χ3v) is 13.3. The number of aromatic nitrogens is 4. The lowest BCUT2D eigenvalue weighted by molar-refractivity contribution is 1.18. The third kappa shape index (κ3) is 4.93. The molecule has 0 amide bonds. The lowest BCUT2D eigenvalue weighted by atomic mass is 9.92. The molecule has 8 aromatic carbocycles. The molecule has 13 aromatic rings. The van der Waals surface area contributed by atoms with Crippen LogP contribution in [0.3, 0.4) is 0 Å². The topological polar surface area (TPSA) is 43.6 Å². The minimum Gasteiger partial charge on any atom is -0.309 e. The van der Waals surface area contributed by atoms with Crippen LogP contribution in [0.1, 0.15) is 0 Å². The highest BCUT2D eigenvalue weighted by Gasteiger charge is 2.22. The summed E-state index contributed by atoms with van der Waals surface area (Å²) in [7, 11) is 0. The first kappa shape index (κ1) is 33.3. The first-order valence-corrected chi connectivity index (χ1v) is 21.1. The average molecular weight is 781 g/mol. The first-order chi connectivity index (χ1) is 29.7. The van der Waals surface area contributed by atoms with Crippen molar-refractivity contribution in [1.29, 1.82) is 0 Å². The summed E-state index contributed by atoms with van der Waals surface area (Å²) in [4.78, 5) is 16.3. The molecule has 5 heteroatoms. The highest BCUT2D eigenvalue weighted by molar-refractivity contribution is 7.26. The van der Waals surface area contributed by atoms with Crippen LogP contribution in [0.25, 0.3) is 125 Å². The van der Waals surface area contributed by atoms with Gasteiger partial charge in [0, 0.05) is 80.3 Å². The Bertz CT molecular complexity index is 3890. The van der Waals surface area contributed by atoms with E-state index in [0.29, 0.717) is 0 Å². The van der Waals surface area contributed by atoms with Gasteiger partial charge < -0.3 is 4.57 Å². The minimum absolute atomic E-state index is 0.897. The zero-order valence-electron chi connectivity index (χ0n) is 32.2. The van der Waals surface area contributed by atoms with Crippen molar-refractivity contribution in [2.75, 3.05) is 0 Å². The molecule has 60 heavy (non-hydrogen) atoms. The number of pyridine rings is 3. The standard InChI is InChI=1S/C55H32N4S/c1-3-13-33(14-4-1)44-28-25-34-23-24-35-26-29-46(58-54(35)53(34)56-44)42-32-43-50(51-40-19-9-12-22-49(40)60-55(42)51)39-18-7-10-20-45(39)57-52(43)36-27-30-48-41(31-36)38-17-8-11-21-47(38)59(48)37-15-5-2-6-16-37/h1-32H. The second kappa shape index (κ2) is 12.9. The number of thiophene rings is 1. The number of nitrogens with zero attached hydrogens (tertiary/aromatic N) is 4. The second-order valence-electron chi connectivity index (χ2n) is 15.5. The van der Waals surface area contributed by atoms with Crippen molar-refractivity contribution >= 4 is 96.8 Å². The maximum Gasteiger partial charge on any atom is 0.0972 e. The fourth-order valence-corrected chi connectivity index (χ4v) is 10.6. The number of benzene rings is 8. The van der Waals surface area contributed by atoms with E-state index in [1.54, 1.807) is 0 Å². The lowest BCUT2D eigenvalue weighted by Gasteiger charge is -2.15. The number of hydrogen-bond donors (Lipinski definition) is 0. The quantitative estimate of drug-likeness (QED) is 0.167. The van der Waals surface area contributed by atoms with Crippen molar-refractivity contribution in [3.63, 3.8) is 0 Å². The minimum atomic E-state index is 0.897. The molecule has 5 aromatic heterocycles. The number of hydrogen-bond acceptors (Lipinski definition) is 4. The lowest BCUT2D eigenvalue weighted by Crippen LogP contribution is -1.94. The van der Waals surface area contributed by atoms with Crippen LogP contribution in [0.2, 0.25) is 0 Å². The predicted molar refractivity (Wildman–Crippen MR) is 253 cm³/mol. The Hall–Kier alpha value is -7.73. The number of para-hydroxylation sites is 3. The predicted octanol–water partition coefficient (Wildman–Crippen LogP) is 15.0. The summed E-state index contributed by atoms with van der Waals surface area (Å²) in [5, 5.41) is 10.5. The van der Waals surface area contributed by atoms with E-state index in [0.717, 1.165) is 77.6 Å². The summed E-state index contributed by atoms with van der Waals surface area (Å²) >= 11 is 1.84. The van der Waals surface area contributed by atoms with E-state index >= 15 is 0 Å². The van der Waals surface area contributed by atoms with Crippen molar-refractivity contribution in [2.45, 2.75) is 0 Å². The largest absolute Gasteiger partial charge is 0.309 e. The molecular weight excluding hydrogens is 749 g/mol. The second-order valence-corrected chi connectivity index (χ2v) is 16.6. The zero-order valence-corrected chi connectivity index (χ0v) is 33.0. The molecule has 0 aliphatic carbocycles. The fourth-order valence-electron chi connectivity index (χ4n) is 9.40. The molecule has 13 rings (SSSR count). The van der Waals surface area contributed by atoms with Crippen LogP contribution in [0.5, 0.6) is 0 Å². The molecule has 5 heterocycles. The molecule has 0 N–H and O–H groups in total. The van der Waals surface area contributed by atoms with Gasteiger partial charge in [0.15, 0.2) is 0 Å². The molecule has 0 spiro atoms. The Labute approximate surface area is 348 Å². The van der Waals surface area contributed by atoms with Crippen LogP contribution >= 0.6 is 11.3 Å². The van der Waals surface area contributed by atoms with E-state index in [4.69, 9.17) is 15.0 Å². The van der Waals surface area contributed by atoms with Crippen molar-refractivity contribution in [3.8, 4) is 39.5 Å². The molecule has 0 aliphatic rings. The Morgan fingerprint density at radius 2 is 1.03 bits per heavy atom. The number of fused-ring (bicyclic) bond motifs is 13. The molecule has 0 atom stereocenters. The maximum absolute atomic E-state index is 5.53. The summed E-state index contributed by atoms with van der Waals surface area (Å²) in [5.74, 6) is 0. The molecule has 0 bridgehead atoms. The van der Waals surface area contributed by atoms with Gasteiger partial charge in [0.25, 0.3) is 0 Å². The normalized spacial score (nSPS) is 12.0. The van der Waals surface area contributed by atoms with Crippen LogP contribution in [0.15, 0.2) is 194 Å². The van der Waals surface area contributed by atoms with Gasteiger partial charge in [-0.25, -0.2) is 15.0 Å². The van der Waals surface area contributed by atoms with Gasteiger partial charge in [-0.1, -0.05) is 133 Å². The maximum atomic E-state index is 5.53. The molecule has 278 valence electrons. The van der Waals surface area contributed by atoms with E-state index in [1.807, 2.05) is 17.4 Å². The van der Waals surface area contributed by atoms with Gasteiger partial charge in [-0.2, -0.15) is 0 Å². The molecule has 0 fully saturated rings. The van der Waals surface area contributed by atoms with E-state index in [2.05, 4.69) is 193 Å². The Morgan fingerprint density at radius 1 is 0.400 bits per heavy atom.